The van der Waals surface area contributed by atoms with Crippen molar-refractivity contribution >= 4 is 0 Å². The van der Waals surface area contributed by atoms with Gasteiger partial charge in [0.1, 0.15) is 0 Å². The molecule has 1 heteroatoms. The zero-order valence-electron chi connectivity index (χ0n) is 10.2. The second-order valence-electron chi connectivity index (χ2n) is 5.35. The third kappa shape index (κ3) is 1.92. The molecule has 2 aliphatic rings. The summed E-state index contributed by atoms with van der Waals surface area (Å²) < 4.78 is 0. The predicted octanol–water partition coefficient (Wildman–Crippen LogP) is 3.29. The monoisotopic (exact) mass is 218 g/mol. The number of hydrogen-bond acceptors (Lipinski definition) is 1. The summed E-state index contributed by atoms with van der Waals surface area (Å²) in [5, 5.41) is 10.9. The molecule has 1 nitrogen and oxygen atoms in total. The van der Waals surface area contributed by atoms with E-state index >= 15 is 0 Å². The molecule has 0 aromatic carbocycles. The second kappa shape index (κ2) is 4.63. The Morgan fingerprint density at radius 3 is 2.94 bits per heavy atom. The number of aliphatic hydroxyl groups is 1. The molecule has 1 N–H and O–H groups in total. The van der Waals surface area contributed by atoms with Gasteiger partial charge in [-0.05, 0) is 50.5 Å². The Labute approximate surface area is 98.9 Å². The molecule has 3 atom stereocenters. The van der Waals surface area contributed by atoms with E-state index in [4.69, 9.17) is 6.42 Å². The highest BCUT2D eigenvalue weighted by Crippen LogP contribution is 2.46. The van der Waals surface area contributed by atoms with E-state index in [2.05, 4.69) is 18.9 Å². The lowest BCUT2D eigenvalue weighted by Gasteiger charge is -2.36. The van der Waals surface area contributed by atoms with Crippen LogP contribution in [0.2, 0.25) is 0 Å². The van der Waals surface area contributed by atoms with Crippen LogP contribution in [0.25, 0.3) is 0 Å². The topological polar surface area (TPSA) is 20.2 Å². The van der Waals surface area contributed by atoms with E-state index in [0.717, 1.165) is 32.1 Å². The average molecular weight is 218 g/mol. The van der Waals surface area contributed by atoms with Crippen LogP contribution < -0.4 is 0 Å². The van der Waals surface area contributed by atoms with E-state index < -0.39 is 5.60 Å². The molecule has 0 amide bonds. The fraction of sp³-hybridized carbons (Fsp3) is 0.733. The summed E-state index contributed by atoms with van der Waals surface area (Å²) >= 11 is 0. The molecule has 88 valence electrons. The Kier molecular flexibility index (Phi) is 3.40. The molecule has 16 heavy (non-hydrogen) atoms. The fourth-order valence-corrected chi connectivity index (χ4v) is 3.43. The van der Waals surface area contributed by atoms with Gasteiger partial charge in [-0.15, -0.1) is 12.3 Å². The maximum absolute atomic E-state index is 10.9. The second-order valence-corrected chi connectivity index (χ2v) is 5.35. The largest absolute Gasteiger partial charge is 0.385 e. The molecule has 1 saturated carbocycles. The smallest absolute Gasteiger partial charge is 0.0896 e. The zero-order valence-corrected chi connectivity index (χ0v) is 10.2. The van der Waals surface area contributed by atoms with Crippen molar-refractivity contribution in [1.82, 2.24) is 0 Å². The Hall–Kier alpha value is -0.740. The molecule has 2 aliphatic carbocycles. The molecule has 0 saturated heterocycles. The van der Waals surface area contributed by atoms with Gasteiger partial charge < -0.3 is 5.11 Å². The SMILES string of the molecule is C#CC(C)[C@@H]1CCC[C@@]1(O)C1=CCCCC1. The van der Waals surface area contributed by atoms with Crippen molar-refractivity contribution in [2.75, 3.05) is 0 Å². The predicted molar refractivity (Wildman–Crippen MR) is 66.8 cm³/mol. The van der Waals surface area contributed by atoms with Crippen LogP contribution in [0.15, 0.2) is 11.6 Å². The van der Waals surface area contributed by atoms with Gasteiger partial charge in [-0.1, -0.05) is 13.0 Å². The van der Waals surface area contributed by atoms with E-state index in [1.165, 1.54) is 18.4 Å². The lowest BCUT2D eigenvalue weighted by atomic mass is 9.74. The summed E-state index contributed by atoms with van der Waals surface area (Å²) in [5.41, 5.74) is 0.704. The van der Waals surface area contributed by atoms with Crippen LogP contribution >= 0.6 is 0 Å². The summed E-state index contributed by atoms with van der Waals surface area (Å²) in [6, 6.07) is 0. The highest BCUT2D eigenvalue weighted by Gasteiger charge is 2.45. The summed E-state index contributed by atoms with van der Waals surface area (Å²) in [7, 11) is 0. The minimum Gasteiger partial charge on any atom is -0.385 e. The standard InChI is InChI=1S/C15H22O/c1-3-12(2)14-10-7-11-15(14,16)13-8-5-4-6-9-13/h1,8,12,14,16H,4-7,9-11H2,2H3/t12?,14-,15+/m0/s1. The van der Waals surface area contributed by atoms with Crippen LogP contribution in [0.5, 0.6) is 0 Å². The Bertz CT molecular complexity index is 323. The molecule has 0 radical (unpaired) electrons. The third-order valence-electron chi connectivity index (χ3n) is 4.40. The summed E-state index contributed by atoms with van der Waals surface area (Å²) in [5.74, 6) is 3.28. The van der Waals surface area contributed by atoms with Crippen molar-refractivity contribution < 1.29 is 5.11 Å². The molecule has 1 fully saturated rings. The Morgan fingerprint density at radius 1 is 1.50 bits per heavy atom. The first-order valence-corrected chi connectivity index (χ1v) is 6.56. The molecule has 0 spiro atoms. The van der Waals surface area contributed by atoms with Gasteiger partial charge in [0.2, 0.25) is 0 Å². The molecule has 0 bridgehead atoms. The molecular formula is C15H22O. The van der Waals surface area contributed by atoms with Crippen LogP contribution in [0.3, 0.4) is 0 Å². The number of hydrogen-bond donors (Lipinski definition) is 1. The van der Waals surface area contributed by atoms with E-state index in [1.54, 1.807) is 0 Å². The van der Waals surface area contributed by atoms with E-state index in [0.29, 0.717) is 0 Å². The summed E-state index contributed by atoms with van der Waals surface area (Å²) in [6.45, 7) is 2.07. The molecule has 0 heterocycles. The van der Waals surface area contributed by atoms with Gasteiger partial charge in [0.05, 0.1) is 5.60 Å². The summed E-state index contributed by atoms with van der Waals surface area (Å²) in [6.07, 6.45) is 15.6. The van der Waals surface area contributed by atoms with Crippen molar-refractivity contribution in [2.24, 2.45) is 11.8 Å². The molecular weight excluding hydrogens is 196 g/mol. The maximum Gasteiger partial charge on any atom is 0.0896 e. The fourth-order valence-electron chi connectivity index (χ4n) is 3.43. The molecule has 1 unspecified atom stereocenters. The van der Waals surface area contributed by atoms with Crippen LogP contribution in [0.4, 0.5) is 0 Å². The highest BCUT2D eigenvalue weighted by molar-refractivity contribution is 5.24. The van der Waals surface area contributed by atoms with Crippen LogP contribution in [0, 0.1) is 24.2 Å². The van der Waals surface area contributed by atoms with Crippen molar-refractivity contribution in [3.05, 3.63) is 11.6 Å². The molecule has 0 aromatic heterocycles. The zero-order chi connectivity index (χ0) is 11.6. The van der Waals surface area contributed by atoms with E-state index in [9.17, 15) is 5.11 Å². The average Bonchev–Trinajstić information content (AvgIpc) is 2.73. The van der Waals surface area contributed by atoms with Crippen molar-refractivity contribution in [2.45, 2.75) is 57.5 Å². The lowest BCUT2D eigenvalue weighted by molar-refractivity contribution is 0.0216. The molecule has 2 rings (SSSR count). The van der Waals surface area contributed by atoms with Gasteiger partial charge in [0.15, 0.2) is 0 Å². The highest BCUT2D eigenvalue weighted by atomic mass is 16.3. The van der Waals surface area contributed by atoms with Crippen LogP contribution in [0.1, 0.15) is 51.9 Å². The minimum atomic E-state index is -0.577. The van der Waals surface area contributed by atoms with Crippen LogP contribution in [-0.2, 0) is 0 Å². The first-order valence-electron chi connectivity index (χ1n) is 6.56. The first kappa shape index (κ1) is 11.7. The van der Waals surface area contributed by atoms with Gasteiger partial charge in [0, 0.05) is 11.8 Å². The van der Waals surface area contributed by atoms with Crippen molar-refractivity contribution in [3.8, 4) is 12.3 Å². The van der Waals surface area contributed by atoms with Crippen molar-refractivity contribution in [1.29, 1.82) is 0 Å². The van der Waals surface area contributed by atoms with Gasteiger partial charge in [-0.2, -0.15) is 0 Å². The normalized spacial score (nSPS) is 36.6. The van der Waals surface area contributed by atoms with Gasteiger partial charge in [0.25, 0.3) is 0 Å². The molecule has 0 aromatic rings. The Morgan fingerprint density at radius 2 is 2.31 bits per heavy atom. The Balaban J connectivity index is 2.22. The number of rotatable bonds is 2. The van der Waals surface area contributed by atoms with Crippen molar-refractivity contribution in [3.63, 3.8) is 0 Å². The number of terminal acetylenes is 1. The number of allylic oxidation sites excluding steroid dienone is 1. The lowest BCUT2D eigenvalue weighted by Crippen LogP contribution is -2.39. The van der Waals surface area contributed by atoms with Gasteiger partial charge in [-0.3, -0.25) is 0 Å². The quantitative estimate of drug-likeness (QED) is 0.557. The third-order valence-corrected chi connectivity index (χ3v) is 4.40. The van der Waals surface area contributed by atoms with E-state index in [-0.39, 0.29) is 11.8 Å². The van der Waals surface area contributed by atoms with Crippen LogP contribution in [-0.4, -0.2) is 10.7 Å². The van der Waals surface area contributed by atoms with Gasteiger partial charge in [-0.25, -0.2) is 0 Å². The minimum absolute atomic E-state index is 0.190. The summed E-state index contributed by atoms with van der Waals surface area (Å²) in [4.78, 5) is 0. The van der Waals surface area contributed by atoms with Gasteiger partial charge >= 0.3 is 0 Å². The first-order chi connectivity index (χ1) is 7.68. The van der Waals surface area contributed by atoms with E-state index in [1.807, 2.05) is 0 Å². The maximum atomic E-state index is 10.9. The molecule has 0 aliphatic heterocycles.